The van der Waals surface area contributed by atoms with E-state index in [1.165, 1.54) is 6.07 Å². The number of aryl methyl sites for hydroxylation is 1. The number of anilines is 1. The summed E-state index contributed by atoms with van der Waals surface area (Å²) >= 11 is 0. The van der Waals surface area contributed by atoms with E-state index in [0.29, 0.717) is 58.9 Å². The zero-order valence-electron chi connectivity index (χ0n) is 18.7. The highest BCUT2D eigenvalue weighted by molar-refractivity contribution is 6.44. The van der Waals surface area contributed by atoms with Gasteiger partial charge in [0.25, 0.3) is 17.6 Å². The molecule has 2 aromatic heterocycles. The van der Waals surface area contributed by atoms with Gasteiger partial charge < -0.3 is 15.2 Å². The Morgan fingerprint density at radius 3 is 2.71 bits per heavy atom. The van der Waals surface area contributed by atoms with Crippen molar-refractivity contribution in [3.05, 3.63) is 64.0 Å². The van der Waals surface area contributed by atoms with Gasteiger partial charge in [-0.3, -0.25) is 19.5 Å². The van der Waals surface area contributed by atoms with Crippen molar-refractivity contribution in [1.29, 1.82) is 0 Å². The normalized spacial score (nSPS) is 20.9. The van der Waals surface area contributed by atoms with Crippen LogP contribution in [0.25, 0.3) is 0 Å². The van der Waals surface area contributed by atoms with Crippen molar-refractivity contribution in [3.63, 3.8) is 0 Å². The van der Waals surface area contributed by atoms with Crippen molar-refractivity contribution in [3.8, 4) is 0 Å². The molecule has 2 saturated carbocycles. The highest BCUT2D eigenvalue weighted by Crippen LogP contribution is 2.54. The number of rotatable bonds is 6. The van der Waals surface area contributed by atoms with Gasteiger partial charge in [0, 0.05) is 23.6 Å². The maximum atomic E-state index is 14.0. The molecule has 2 fully saturated rings. The number of hydrogen-bond donors (Lipinski definition) is 3. The molecule has 0 radical (unpaired) electrons. The van der Waals surface area contributed by atoms with Gasteiger partial charge in [0.1, 0.15) is 17.2 Å². The first kappa shape index (κ1) is 20.8. The number of aromatic amines is 1. The molecule has 0 spiro atoms. The molecule has 2 amide bonds. The number of aromatic nitrogens is 4. The maximum absolute atomic E-state index is 14.0. The second-order valence-corrected chi connectivity index (χ2v) is 9.57. The smallest absolute Gasteiger partial charge is 0.293 e. The third-order valence-electron chi connectivity index (χ3n) is 7.31. The molecule has 34 heavy (non-hydrogen) atoms. The first-order chi connectivity index (χ1) is 16.3. The molecule has 174 valence electrons. The van der Waals surface area contributed by atoms with Crippen LogP contribution in [0.3, 0.4) is 0 Å². The second kappa shape index (κ2) is 7.09. The second-order valence-electron chi connectivity index (χ2n) is 9.57. The number of carbonyl (C=O) groups excluding carboxylic acids is 3. The van der Waals surface area contributed by atoms with Gasteiger partial charge in [0.15, 0.2) is 0 Å². The Labute approximate surface area is 194 Å². The topological polar surface area (TPSA) is 122 Å². The van der Waals surface area contributed by atoms with Crippen LogP contribution in [0.15, 0.2) is 24.4 Å². The first-order valence-corrected chi connectivity index (χ1v) is 11.3. The quantitative estimate of drug-likeness (QED) is 0.384. The Morgan fingerprint density at radius 2 is 2.03 bits per heavy atom. The van der Waals surface area contributed by atoms with E-state index in [9.17, 15) is 18.8 Å². The SMILES string of the molecule is Cc1ccc(NC(=O)c2c(C)c(C(=O)C(=O)NC3(c4c[nH]nn4)CC3)c3n2[C@@H]2C[C@@H]2C3)cc1F. The summed E-state index contributed by atoms with van der Waals surface area (Å²) in [4.78, 5) is 39.6. The van der Waals surface area contributed by atoms with Crippen LogP contribution in [0.1, 0.15) is 68.7 Å². The Balaban J connectivity index is 1.31. The largest absolute Gasteiger partial charge is 0.338 e. The highest BCUT2D eigenvalue weighted by Gasteiger charge is 2.52. The summed E-state index contributed by atoms with van der Waals surface area (Å²) in [5.41, 5.74) is 2.59. The number of ketones is 1. The molecule has 0 bridgehead atoms. The fraction of sp³-hybridized carbons (Fsp3) is 0.375. The van der Waals surface area contributed by atoms with Crippen LogP contribution in [0.5, 0.6) is 0 Å². The number of benzene rings is 1. The van der Waals surface area contributed by atoms with Gasteiger partial charge in [-0.2, -0.15) is 0 Å². The van der Waals surface area contributed by atoms with Gasteiger partial charge in [0.2, 0.25) is 0 Å². The van der Waals surface area contributed by atoms with Crippen molar-refractivity contribution >= 4 is 23.3 Å². The van der Waals surface area contributed by atoms with Gasteiger partial charge >= 0.3 is 0 Å². The lowest BCUT2D eigenvalue weighted by Gasteiger charge is -2.14. The molecular weight excluding hydrogens is 439 g/mol. The van der Waals surface area contributed by atoms with Gasteiger partial charge in [0.05, 0.1) is 11.1 Å². The fourth-order valence-electron chi connectivity index (χ4n) is 5.19. The first-order valence-electron chi connectivity index (χ1n) is 11.3. The van der Waals surface area contributed by atoms with E-state index < -0.39 is 29.0 Å². The van der Waals surface area contributed by atoms with Crippen molar-refractivity contribution in [1.82, 2.24) is 25.3 Å². The van der Waals surface area contributed by atoms with Crippen LogP contribution >= 0.6 is 0 Å². The lowest BCUT2D eigenvalue weighted by Crippen LogP contribution is -2.40. The van der Waals surface area contributed by atoms with E-state index in [2.05, 4.69) is 26.0 Å². The van der Waals surface area contributed by atoms with Gasteiger partial charge in [-0.05, 0) is 68.7 Å². The molecule has 0 saturated heterocycles. The molecule has 9 nitrogen and oxygen atoms in total. The van der Waals surface area contributed by atoms with Crippen LogP contribution in [-0.4, -0.2) is 37.6 Å². The lowest BCUT2D eigenvalue weighted by molar-refractivity contribution is -0.118. The summed E-state index contributed by atoms with van der Waals surface area (Å²) in [5.74, 6) is -1.83. The summed E-state index contributed by atoms with van der Waals surface area (Å²) in [7, 11) is 0. The molecule has 2 atom stereocenters. The predicted molar refractivity (Wildman–Crippen MR) is 119 cm³/mol. The molecule has 0 unspecified atom stereocenters. The molecule has 1 aromatic carbocycles. The van der Waals surface area contributed by atoms with Crippen LogP contribution < -0.4 is 10.6 Å². The third kappa shape index (κ3) is 3.08. The molecule has 6 rings (SSSR count). The molecule has 3 aliphatic rings. The fourth-order valence-corrected chi connectivity index (χ4v) is 5.19. The van der Waals surface area contributed by atoms with E-state index in [1.807, 2.05) is 4.57 Å². The summed E-state index contributed by atoms with van der Waals surface area (Å²) in [5, 5.41) is 15.9. The number of fused-ring (bicyclic) bond motifs is 3. The minimum Gasteiger partial charge on any atom is -0.338 e. The van der Waals surface area contributed by atoms with Crippen LogP contribution in [0.4, 0.5) is 10.1 Å². The van der Waals surface area contributed by atoms with E-state index in [4.69, 9.17) is 0 Å². The highest BCUT2D eigenvalue weighted by atomic mass is 19.1. The molecule has 3 N–H and O–H groups in total. The maximum Gasteiger partial charge on any atom is 0.293 e. The average Bonchev–Trinajstić information content (AvgIpc) is 3.59. The van der Waals surface area contributed by atoms with Crippen molar-refractivity contribution in [2.45, 2.75) is 51.1 Å². The Bertz CT molecular complexity index is 1370. The lowest BCUT2D eigenvalue weighted by atomic mass is 10.0. The predicted octanol–water partition coefficient (Wildman–Crippen LogP) is 2.72. The van der Waals surface area contributed by atoms with Crippen LogP contribution in [-0.2, 0) is 16.8 Å². The number of hydrogen-bond acceptors (Lipinski definition) is 5. The molecule has 2 aliphatic carbocycles. The number of amides is 2. The standard InChI is InChI=1S/C24H23FN6O3/c1-11-3-4-14(9-15(11)25)27-22(33)20-12(2)19(17-8-13-7-16(13)31(17)20)21(32)23(34)28-24(5-6-24)18-10-26-30-29-18/h3-4,9-10,13,16H,5-8H2,1-2H3,(H,27,33)(H,28,34)(H,26,29,30)/t13-,16-/m1/s1. The van der Waals surface area contributed by atoms with E-state index in [0.717, 1.165) is 12.1 Å². The van der Waals surface area contributed by atoms with E-state index in [-0.39, 0.29) is 6.04 Å². The minimum absolute atomic E-state index is 0.152. The number of nitrogens with one attached hydrogen (secondary N) is 3. The van der Waals surface area contributed by atoms with Gasteiger partial charge in [-0.15, -0.1) is 5.10 Å². The Hall–Kier alpha value is -3.82. The molecule has 3 heterocycles. The third-order valence-corrected chi connectivity index (χ3v) is 7.31. The van der Waals surface area contributed by atoms with Crippen LogP contribution in [0, 0.1) is 25.6 Å². The van der Waals surface area contributed by atoms with E-state index in [1.54, 1.807) is 32.2 Å². The van der Waals surface area contributed by atoms with Gasteiger partial charge in [-0.25, -0.2) is 4.39 Å². The van der Waals surface area contributed by atoms with Crippen LogP contribution in [0.2, 0.25) is 0 Å². The molecule has 1 aliphatic heterocycles. The summed E-state index contributed by atoms with van der Waals surface area (Å²) < 4.78 is 15.9. The molecular formula is C24H23FN6O3. The van der Waals surface area contributed by atoms with Gasteiger partial charge in [-0.1, -0.05) is 11.3 Å². The van der Waals surface area contributed by atoms with Crippen molar-refractivity contribution < 1.29 is 18.8 Å². The number of nitrogens with zero attached hydrogens (tertiary/aromatic N) is 3. The van der Waals surface area contributed by atoms with Crippen molar-refractivity contribution in [2.75, 3.05) is 5.32 Å². The summed E-state index contributed by atoms with van der Waals surface area (Å²) in [6, 6.07) is 4.66. The number of carbonyl (C=O) groups is 3. The summed E-state index contributed by atoms with van der Waals surface area (Å²) in [6.45, 7) is 3.34. The number of H-pyrrole nitrogens is 1. The number of Topliss-reactive ketones (excluding diaryl/α,β-unsaturated/α-hetero) is 1. The summed E-state index contributed by atoms with van der Waals surface area (Å²) in [6.07, 6.45) is 4.56. The Morgan fingerprint density at radius 1 is 1.24 bits per heavy atom. The van der Waals surface area contributed by atoms with Crippen molar-refractivity contribution in [2.24, 2.45) is 5.92 Å². The average molecular weight is 462 g/mol. The molecule has 10 heteroatoms. The monoisotopic (exact) mass is 462 g/mol. The Kier molecular flexibility index (Phi) is 4.33. The molecule has 3 aromatic rings. The van der Waals surface area contributed by atoms with E-state index >= 15 is 0 Å². The number of halogens is 1. The zero-order chi connectivity index (χ0) is 23.8. The minimum atomic E-state index is -0.717. The zero-order valence-corrected chi connectivity index (χ0v) is 18.7.